The second kappa shape index (κ2) is 11.6. The number of terminal acetylenes is 3. The molecule has 14 heteroatoms. The van der Waals surface area contributed by atoms with Crippen LogP contribution >= 0.6 is 0 Å². The summed E-state index contributed by atoms with van der Waals surface area (Å²) in [5.74, 6) is 1.64. The Kier molecular flexibility index (Phi) is 10.5. The summed E-state index contributed by atoms with van der Waals surface area (Å²) < 4.78 is 29.3. The zero-order valence-electron chi connectivity index (χ0n) is 19.9. The Hall–Kier alpha value is -1.15. The quantitative estimate of drug-likeness (QED) is 0.197. The van der Waals surface area contributed by atoms with Gasteiger partial charge in [-0.3, -0.25) is 0 Å². The molecule has 0 saturated heterocycles. The normalized spacial score (nSPS) is 16.8. The predicted octanol–water partition coefficient (Wildman–Crippen LogP) is -5.01. The van der Waals surface area contributed by atoms with Crippen molar-refractivity contribution in [3.63, 3.8) is 0 Å². The van der Waals surface area contributed by atoms with Gasteiger partial charge < -0.3 is 22.8 Å². The van der Waals surface area contributed by atoms with E-state index in [1.165, 1.54) is 34.8 Å². The average Bonchev–Trinajstić information content (AvgIpc) is 2.67. The third-order valence-electron chi connectivity index (χ3n) is 6.11. The number of aryl methyl sites for hydroxylation is 1. The van der Waals surface area contributed by atoms with E-state index in [-0.39, 0.29) is 0 Å². The fraction of sp³-hybridized carbons (Fsp3) is 0.294. The Bertz CT molecular complexity index is 881. The van der Waals surface area contributed by atoms with Crippen LogP contribution in [0.4, 0.5) is 0 Å². The highest BCUT2D eigenvalue weighted by Gasteiger charge is 2.67. The lowest BCUT2D eigenvalue weighted by Crippen LogP contribution is -2.88. The molecule has 0 N–H and O–H groups in total. The second-order valence-corrected chi connectivity index (χ2v) is 116. The Morgan fingerprint density at radius 3 is 1.94 bits per heavy atom. The highest BCUT2D eigenvalue weighted by molar-refractivity contribution is 8.11. The Balaban J connectivity index is 3.68. The lowest BCUT2D eigenvalue weighted by molar-refractivity contribution is 0.390. The van der Waals surface area contributed by atoms with Gasteiger partial charge in [0.15, 0.2) is 6.63 Å². The monoisotopic (exact) mass is 570 g/mol. The van der Waals surface area contributed by atoms with Crippen molar-refractivity contribution in [1.29, 1.82) is 0 Å². The van der Waals surface area contributed by atoms with E-state index in [0.717, 1.165) is 49.0 Å². The number of rotatable bonds is 11. The van der Waals surface area contributed by atoms with Crippen molar-refractivity contribution in [3.8, 4) is 49.1 Å². The van der Waals surface area contributed by atoms with Crippen LogP contribution < -0.4 is 9.47 Å². The van der Waals surface area contributed by atoms with E-state index in [1.807, 2.05) is 6.07 Å². The molecule has 1 unspecified atom stereocenters. The van der Waals surface area contributed by atoms with Crippen LogP contribution in [0, 0.1) is 44.5 Å². The SMILES string of the molecule is C#CO[SiH](OC#C)[Si](CCc1c(C)cc(OC)cc1OC)([Si]([SiH3])([SiH3])[SiH3])[Si]([SiH3])([SiH3])OC#C. The molecule has 31 heavy (non-hydrogen) atoms. The lowest BCUT2D eigenvalue weighted by atomic mass is 10.0. The number of benzene rings is 1. The van der Waals surface area contributed by atoms with Crippen LogP contribution in [0.25, 0.3) is 0 Å². The molecule has 0 heterocycles. The zero-order chi connectivity index (χ0) is 23.9. The maximum Gasteiger partial charge on any atom is 0.432 e. The molecule has 0 aromatic heterocycles. The van der Waals surface area contributed by atoms with Crippen molar-refractivity contribution < 1.29 is 22.8 Å². The highest BCUT2D eigenvalue weighted by atomic mass is 30.4. The molecule has 1 aromatic carbocycles. The van der Waals surface area contributed by atoms with Gasteiger partial charge in [-0.05, 0) is 59.8 Å². The summed E-state index contributed by atoms with van der Waals surface area (Å²) in [4.78, 5) is 0. The molecule has 0 aliphatic rings. The molecule has 168 valence electrons. The minimum absolute atomic E-state index is 0.794. The van der Waals surface area contributed by atoms with Gasteiger partial charge >= 0.3 is 8.80 Å². The first-order valence-electron chi connectivity index (χ1n) is 10.0. The van der Waals surface area contributed by atoms with Gasteiger partial charge in [-0.2, -0.15) is 0 Å². The van der Waals surface area contributed by atoms with Crippen LogP contribution in [0.3, 0.4) is 0 Å². The van der Waals surface area contributed by atoms with Crippen molar-refractivity contribution in [3.05, 3.63) is 23.3 Å². The Labute approximate surface area is 205 Å². The van der Waals surface area contributed by atoms with Crippen molar-refractivity contribution in [1.82, 2.24) is 0 Å². The van der Waals surface area contributed by atoms with Gasteiger partial charge in [-0.1, -0.05) is 25.3 Å². The fourth-order valence-corrected chi connectivity index (χ4v) is 274. The van der Waals surface area contributed by atoms with Crippen LogP contribution in [-0.2, 0) is 19.7 Å². The van der Waals surface area contributed by atoms with Crippen LogP contribution in [0.1, 0.15) is 11.1 Å². The van der Waals surface area contributed by atoms with Gasteiger partial charge in [0.05, 0.1) is 32.5 Å². The molecule has 0 saturated carbocycles. The highest BCUT2D eigenvalue weighted by Crippen LogP contribution is 2.35. The van der Waals surface area contributed by atoms with Gasteiger partial charge in [-0.15, -0.1) is 0 Å². The smallest absolute Gasteiger partial charge is 0.432 e. The average molecular weight is 571 g/mol. The van der Waals surface area contributed by atoms with Gasteiger partial charge in [0, 0.05) is 31.7 Å². The molecular formula is C17H34O5Si9. The van der Waals surface area contributed by atoms with E-state index in [2.05, 4.69) is 31.3 Å². The molecule has 0 radical (unpaired) electrons. The van der Waals surface area contributed by atoms with Crippen molar-refractivity contribution in [2.45, 2.75) is 19.4 Å². The third kappa shape index (κ3) is 6.01. The van der Waals surface area contributed by atoms with E-state index >= 15 is 0 Å². The molecular weight excluding hydrogens is 537 g/mol. The van der Waals surface area contributed by atoms with E-state index in [0.29, 0.717) is 0 Å². The molecule has 1 rings (SSSR count). The summed E-state index contributed by atoms with van der Waals surface area (Å²) in [6.07, 6.45) is 23.9. The summed E-state index contributed by atoms with van der Waals surface area (Å²) in [5.41, 5.74) is 2.36. The summed E-state index contributed by atoms with van der Waals surface area (Å²) in [5, 5.41) is 0. The first kappa shape index (κ1) is 27.9. The van der Waals surface area contributed by atoms with Gasteiger partial charge in [-0.25, -0.2) is 0 Å². The topological polar surface area (TPSA) is 46.2 Å². The molecule has 0 aliphatic carbocycles. The first-order valence-corrected chi connectivity index (χ1v) is 38.4. The summed E-state index contributed by atoms with van der Waals surface area (Å²) in [6, 6.07) is 5.04. The molecule has 5 nitrogen and oxygen atoms in total. The lowest BCUT2D eigenvalue weighted by Gasteiger charge is -2.50. The molecule has 0 bridgehead atoms. The number of methoxy groups -OCH3 is 2. The van der Waals surface area contributed by atoms with E-state index in [9.17, 15) is 0 Å². The summed E-state index contributed by atoms with van der Waals surface area (Å²) in [6.45, 7) is -2.10. The fourth-order valence-electron chi connectivity index (χ4n) is 4.62. The molecule has 0 amide bonds. The van der Waals surface area contributed by atoms with Crippen molar-refractivity contribution in [2.75, 3.05) is 14.2 Å². The van der Waals surface area contributed by atoms with Crippen LogP contribution in [0.15, 0.2) is 12.1 Å². The van der Waals surface area contributed by atoms with Crippen molar-refractivity contribution in [2.24, 2.45) is 0 Å². The van der Waals surface area contributed by atoms with Gasteiger partial charge in [0.2, 0.25) is 6.87 Å². The largest absolute Gasteiger partial charge is 0.514 e. The molecule has 1 atom stereocenters. The minimum atomic E-state index is -2.29. The number of ether oxygens (including phenoxy) is 2. The molecule has 0 aliphatic heterocycles. The third-order valence-corrected chi connectivity index (χ3v) is 155. The van der Waals surface area contributed by atoms with Crippen LogP contribution in [0.5, 0.6) is 11.5 Å². The van der Waals surface area contributed by atoms with Crippen molar-refractivity contribution >= 4 is 77.2 Å². The maximum absolute atomic E-state index is 6.25. The maximum atomic E-state index is 6.25. The van der Waals surface area contributed by atoms with E-state index in [4.69, 9.17) is 42.0 Å². The van der Waals surface area contributed by atoms with Gasteiger partial charge in [0.1, 0.15) is 11.5 Å². The van der Waals surface area contributed by atoms with Crippen LogP contribution in [-0.4, -0.2) is 91.5 Å². The van der Waals surface area contributed by atoms with E-state index < -0.39 is 28.4 Å². The van der Waals surface area contributed by atoms with E-state index in [1.54, 1.807) is 14.2 Å². The summed E-state index contributed by atoms with van der Waals surface area (Å²) >= 11 is 0. The zero-order valence-corrected chi connectivity index (χ0v) is 34.1. The predicted molar refractivity (Wildman–Crippen MR) is 157 cm³/mol. The number of hydrogen-bond donors (Lipinski definition) is 0. The standard InChI is InChI=1S/C17H34O5Si9/c1-7-20-28(21-8-2)29(31(25,26)27,30(23,24)22-9-3)11-10-16-14(4)12-15(18-5)13-17(16)19-6/h1-3,12-13,28H,10-11H2,4-6,23-27H3. The Morgan fingerprint density at radius 2 is 1.52 bits per heavy atom. The molecule has 1 aromatic rings. The van der Waals surface area contributed by atoms with Gasteiger partial charge in [0.25, 0.3) is 0 Å². The Morgan fingerprint density at radius 1 is 0.935 bits per heavy atom. The van der Waals surface area contributed by atoms with Crippen LogP contribution in [0.2, 0.25) is 6.04 Å². The first-order chi connectivity index (χ1) is 14.4. The minimum Gasteiger partial charge on any atom is -0.514 e. The molecule has 0 fully saturated rings. The second-order valence-electron chi connectivity index (χ2n) is 8.88. The summed E-state index contributed by atoms with van der Waals surface area (Å²) in [7, 11) is 6.61. The number of hydrogen-bond acceptors (Lipinski definition) is 5. The molecule has 0 spiro atoms.